The third kappa shape index (κ3) is 7.28. The molecule has 4 N–H and O–H groups in total. The molecule has 0 saturated carbocycles. The van der Waals surface area contributed by atoms with Crippen LogP contribution in [0.3, 0.4) is 0 Å². The van der Waals surface area contributed by atoms with E-state index in [4.69, 9.17) is 24.4 Å². The standard InChI is InChI=1S/C34H34N8S2/c1-41(2)25-17-13-23(14-18-25)37-33(43)39-35-21-31-27-9-5-7-11-29(27)32(30-12-8-6-10-28(30)31)22-36-40-34(44)38-24-15-19-26(20-16-24)42(3)4/h5-22H,1-4H3,(H2,37,39,43)(H2,38,40,44)/b35-21+,36-22+. The van der Waals surface area contributed by atoms with Gasteiger partial charge in [-0.25, -0.2) is 0 Å². The van der Waals surface area contributed by atoms with Gasteiger partial charge in [-0.1, -0.05) is 48.5 Å². The fourth-order valence-corrected chi connectivity index (χ4v) is 5.13. The van der Waals surface area contributed by atoms with Crippen LogP contribution in [-0.2, 0) is 0 Å². The lowest BCUT2D eigenvalue weighted by Gasteiger charge is -2.14. The summed E-state index contributed by atoms with van der Waals surface area (Å²) in [5.74, 6) is 0. The van der Waals surface area contributed by atoms with Crippen molar-refractivity contribution in [3.05, 3.63) is 108 Å². The Bertz CT molecular complexity index is 1650. The van der Waals surface area contributed by atoms with Gasteiger partial charge in [0.15, 0.2) is 10.2 Å². The van der Waals surface area contributed by atoms with E-state index in [2.05, 4.69) is 56.0 Å². The molecule has 0 heterocycles. The second-order valence-corrected chi connectivity index (χ2v) is 11.3. The molecular formula is C34H34N8S2. The number of hydrazone groups is 2. The fourth-order valence-electron chi connectivity index (χ4n) is 4.79. The summed E-state index contributed by atoms with van der Waals surface area (Å²) in [4.78, 5) is 4.09. The minimum atomic E-state index is 0.403. The van der Waals surface area contributed by atoms with Crippen LogP contribution in [0, 0.1) is 0 Å². The number of fused-ring (bicyclic) bond motifs is 2. The number of thiocarbonyl (C=S) groups is 2. The molecule has 8 nitrogen and oxygen atoms in total. The van der Waals surface area contributed by atoms with Crippen molar-refractivity contribution >= 4 is 91.4 Å². The van der Waals surface area contributed by atoms with Crippen LogP contribution in [0.25, 0.3) is 21.5 Å². The van der Waals surface area contributed by atoms with Crippen molar-refractivity contribution in [3.63, 3.8) is 0 Å². The summed E-state index contributed by atoms with van der Waals surface area (Å²) >= 11 is 11.0. The van der Waals surface area contributed by atoms with E-state index in [-0.39, 0.29) is 0 Å². The van der Waals surface area contributed by atoms with Crippen LogP contribution in [0.1, 0.15) is 11.1 Å². The van der Waals surface area contributed by atoms with E-state index < -0.39 is 0 Å². The number of anilines is 4. The first-order chi connectivity index (χ1) is 21.3. The molecule has 0 bridgehead atoms. The van der Waals surface area contributed by atoms with Crippen molar-refractivity contribution in [2.24, 2.45) is 10.2 Å². The SMILES string of the molecule is CN(C)c1ccc(NC(=S)N/N=C/c2c3ccccc3c(/C=N/NC(=S)Nc3ccc(N(C)C)cc3)c3ccccc23)cc1. The highest BCUT2D eigenvalue weighted by molar-refractivity contribution is 7.80. The largest absolute Gasteiger partial charge is 0.378 e. The molecule has 0 saturated heterocycles. The predicted molar refractivity (Wildman–Crippen MR) is 197 cm³/mol. The summed E-state index contributed by atoms with van der Waals surface area (Å²) in [6.45, 7) is 0. The van der Waals surface area contributed by atoms with E-state index in [9.17, 15) is 0 Å². The van der Waals surface area contributed by atoms with E-state index in [0.29, 0.717) is 10.2 Å². The molecule has 5 rings (SSSR count). The average molecular weight is 619 g/mol. The van der Waals surface area contributed by atoms with Gasteiger partial charge < -0.3 is 20.4 Å². The summed E-state index contributed by atoms with van der Waals surface area (Å²) in [5, 5.41) is 20.3. The first-order valence-electron chi connectivity index (χ1n) is 14.0. The Morgan fingerprint density at radius 3 is 1.14 bits per heavy atom. The summed E-state index contributed by atoms with van der Waals surface area (Å²) in [7, 11) is 8.03. The molecule has 5 aromatic carbocycles. The van der Waals surface area contributed by atoms with Gasteiger partial charge in [-0.2, -0.15) is 10.2 Å². The van der Waals surface area contributed by atoms with Crippen LogP contribution in [0.5, 0.6) is 0 Å². The van der Waals surface area contributed by atoms with Crippen molar-refractivity contribution < 1.29 is 0 Å². The first kappa shape index (κ1) is 30.4. The van der Waals surface area contributed by atoms with Gasteiger partial charge in [0, 0.05) is 62.1 Å². The number of hydrogen-bond donors (Lipinski definition) is 4. The first-order valence-corrected chi connectivity index (χ1v) is 14.8. The smallest absolute Gasteiger partial charge is 0.191 e. The highest BCUT2D eigenvalue weighted by atomic mass is 32.1. The molecule has 0 unspecified atom stereocenters. The van der Waals surface area contributed by atoms with Gasteiger partial charge in [-0.05, 0) is 94.5 Å². The van der Waals surface area contributed by atoms with Gasteiger partial charge in [0.05, 0.1) is 12.4 Å². The van der Waals surface area contributed by atoms with Crippen molar-refractivity contribution in [3.8, 4) is 0 Å². The molecule has 0 aliphatic carbocycles. The number of rotatable bonds is 8. The van der Waals surface area contributed by atoms with Gasteiger partial charge in [0.25, 0.3) is 0 Å². The Morgan fingerprint density at radius 1 is 0.523 bits per heavy atom. The lowest BCUT2D eigenvalue weighted by atomic mass is 9.92. The Hall–Kier alpha value is -5.06. The second kappa shape index (κ2) is 13.9. The van der Waals surface area contributed by atoms with E-state index in [1.54, 1.807) is 0 Å². The maximum absolute atomic E-state index is 5.49. The minimum absolute atomic E-state index is 0.403. The van der Waals surface area contributed by atoms with Crippen LogP contribution in [0.4, 0.5) is 22.7 Å². The maximum Gasteiger partial charge on any atom is 0.191 e. The normalized spacial score (nSPS) is 11.2. The van der Waals surface area contributed by atoms with E-state index in [1.807, 2.05) is 123 Å². The van der Waals surface area contributed by atoms with Gasteiger partial charge in [0.1, 0.15) is 0 Å². The Kier molecular flexibility index (Phi) is 9.63. The highest BCUT2D eigenvalue weighted by Gasteiger charge is 2.12. The van der Waals surface area contributed by atoms with E-state index >= 15 is 0 Å². The molecule has 5 aromatic rings. The molecular weight excluding hydrogens is 585 g/mol. The topological polar surface area (TPSA) is 79.3 Å². The fraction of sp³-hybridized carbons (Fsp3) is 0.118. The zero-order chi connectivity index (χ0) is 31.1. The lowest BCUT2D eigenvalue weighted by molar-refractivity contribution is 1.05. The maximum atomic E-state index is 5.49. The quantitative estimate of drug-likeness (QED) is 0.0657. The molecule has 0 aliphatic heterocycles. The Labute approximate surface area is 268 Å². The van der Waals surface area contributed by atoms with Gasteiger partial charge in [-0.15, -0.1) is 0 Å². The van der Waals surface area contributed by atoms with Crippen molar-refractivity contribution in [2.75, 3.05) is 48.6 Å². The summed E-state index contributed by atoms with van der Waals surface area (Å²) < 4.78 is 0. The molecule has 0 atom stereocenters. The van der Waals surface area contributed by atoms with Crippen LogP contribution in [0.2, 0.25) is 0 Å². The molecule has 0 aliphatic rings. The van der Waals surface area contributed by atoms with E-state index in [0.717, 1.165) is 55.4 Å². The number of nitrogens with one attached hydrogen (secondary N) is 4. The summed E-state index contributed by atoms with van der Waals surface area (Å²) in [6.07, 6.45) is 3.63. The molecule has 10 heteroatoms. The Balaban J connectivity index is 1.34. The van der Waals surface area contributed by atoms with Gasteiger partial charge in [-0.3, -0.25) is 10.9 Å². The summed E-state index contributed by atoms with van der Waals surface area (Å²) in [5.41, 5.74) is 11.9. The predicted octanol–water partition coefficient (Wildman–Crippen LogP) is 6.77. The summed E-state index contributed by atoms with van der Waals surface area (Å²) in [6, 6.07) is 32.4. The Morgan fingerprint density at radius 2 is 0.841 bits per heavy atom. The average Bonchev–Trinajstić information content (AvgIpc) is 3.02. The number of hydrogen-bond acceptors (Lipinski definition) is 6. The third-order valence-corrected chi connectivity index (χ3v) is 7.40. The number of nitrogens with zero attached hydrogens (tertiary/aromatic N) is 4. The molecule has 0 fully saturated rings. The molecule has 0 radical (unpaired) electrons. The van der Waals surface area contributed by atoms with Crippen LogP contribution in [0.15, 0.2) is 107 Å². The van der Waals surface area contributed by atoms with Crippen molar-refractivity contribution in [2.45, 2.75) is 0 Å². The molecule has 0 spiro atoms. The molecule has 0 amide bonds. The molecule has 222 valence electrons. The van der Waals surface area contributed by atoms with Crippen molar-refractivity contribution in [1.82, 2.24) is 10.9 Å². The van der Waals surface area contributed by atoms with Crippen molar-refractivity contribution in [1.29, 1.82) is 0 Å². The van der Waals surface area contributed by atoms with E-state index in [1.165, 1.54) is 0 Å². The van der Waals surface area contributed by atoms with Crippen LogP contribution >= 0.6 is 24.4 Å². The molecule has 0 aromatic heterocycles. The minimum Gasteiger partial charge on any atom is -0.378 e. The number of benzene rings is 5. The van der Waals surface area contributed by atoms with Crippen LogP contribution < -0.4 is 31.3 Å². The third-order valence-electron chi connectivity index (χ3n) is 7.02. The lowest BCUT2D eigenvalue weighted by Crippen LogP contribution is -2.24. The highest BCUT2D eigenvalue weighted by Crippen LogP contribution is 2.31. The van der Waals surface area contributed by atoms with Gasteiger partial charge in [0.2, 0.25) is 0 Å². The molecule has 44 heavy (non-hydrogen) atoms. The zero-order valence-corrected chi connectivity index (χ0v) is 26.6. The van der Waals surface area contributed by atoms with Crippen LogP contribution in [-0.4, -0.2) is 50.8 Å². The monoisotopic (exact) mass is 618 g/mol. The second-order valence-electron chi connectivity index (χ2n) is 10.4. The van der Waals surface area contributed by atoms with Gasteiger partial charge >= 0.3 is 0 Å². The zero-order valence-electron chi connectivity index (χ0n) is 25.0.